The fourth-order valence-corrected chi connectivity index (χ4v) is 2.11. The van der Waals surface area contributed by atoms with E-state index in [1.165, 1.54) is 7.11 Å². The van der Waals surface area contributed by atoms with E-state index in [-0.39, 0.29) is 6.10 Å². The van der Waals surface area contributed by atoms with E-state index < -0.39 is 11.8 Å². The van der Waals surface area contributed by atoms with Crippen LogP contribution in [-0.4, -0.2) is 25.0 Å². The van der Waals surface area contributed by atoms with Gasteiger partial charge in [-0.3, -0.25) is 20.4 Å². The number of rotatable bonds is 6. The van der Waals surface area contributed by atoms with Crippen molar-refractivity contribution >= 4 is 11.8 Å². The SMILES string of the molecule is CCC(C)Oc1cccc(C(=O)NNC(=O)c2ccccc2OC)c1. The first-order valence-corrected chi connectivity index (χ1v) is 8.05. The molecule has 132 valence electrons. The largest absolute Gasteiger partial charge is 0.496 e. The summed E-state index contributed by atoms with van der Waals surface area (Å²) in [4.78, 5) is 24.4. The first kappa shape index (κ1) is 18.3. The third-order valence-electron chi connectivity index (χ3n) is 3.65. The Balaban J connectivity index is 2.00. The number of benzene rings is 2. The lowest BCUT2D eigenvalue weighted by Crippen LogP contribution is -2.41. The monoisotopic (exact) mass is 342 g/mol. The van der Waals surface area contributed by atoms with E-state index in [4.69, 9.17) is 9.47 Å². The minimum absolute atomic E-state index is 0.0589. The van der Waals surface area contributed by atoms with Crippen LogP contribution in [0.4, 0.5) is 0 Å². The second-order valence-electron chi connectivity index (χ2n) is 5.47. The highest BCUT2D eigenvalue weighted by atomic mass is 16.5. The van der Waals surface area contributed by atoms with Crippen molar-refractivity contribution in [1.29, 1.82) is 0 Å². The molecule has 0 radical (unpaired) electrons. The molecule has 0 saturated carbocycles. The maximum absolute atomic E-state index is 12.2. The molecule has 0 bridgehead atoms. The highest BCUT2D eigenvalue weighted by molar-refractivity contribution is 6.00. The fourth-order valence-electron chi connectivity index (χ4n) is 2.11. The van der Waals surface area contributed by atoms with Crippen LogP contribution in [0.15, 0.2) is 48.5 Å². The molecule has 0 aliphatic carbocycles. The lowest BCUT2D eigenvalue weighted by Gasteiger charge is -2.13. The van der Waals surface area contributed by atoms with Crippen molar-refractivity contribution in [3.63, 3.8) is 0 Å². The smallest absolute Gasteiger partial charge is 0.273 e. The van der Waals surface area contributed by atoms with Crippen molar-refractivity contribution in [2.24, 2.45) is 0 Å². The fraction of sp³-hybridized carbons (Fsp3) is 0.263. The zero-order valence-electron chi connectivity index (χ0n) is 14.5. The van der Waals surface area contributed by atoms with E-state index in [0.717, 1.165) is 6.42 Å². The molecule has 0 heterocycles. The minimum atomic E-state index is -0.460. The summed E-state index contributed by atoms with van der Waals surface area (Å²) in [5.41, 5.74) is 5.50. The second-order valence-corrected chi connectivity index (χ2v) is 5.47. The van der Waals surface area contributed by atoms with Gasteiger partial charge in [-0.25, -0.2) is 0 Å². The van der Waals surface area contributed by atoms with Crippen LogP contribution in [0.5, 0.6) is 11.5 Å². The van der Waals surface area contributed by atoms with Crippen LogP contribution in [0, 0.1) is 0 Å². The molecule has 0 aliphatic heterocycles. The third-order valence-corrected chi connectivity index (χ3v) is 3.65. The van der Waals surface area contributed by atoms with Crippen molar-refractivity contribution < 1.29 is 19.1 Å². The van der Waals surface area contributed by atoms with Gasteiger partial charge in [-0.15, -0.1) is 0 Å². The average molecular weight is 342 g/mol. The Kier molecular flexibility index (Phi) is 6.39. The van der Waals surface area contributed by atoms with Gasteiger partial charge in [0.15, 0.2) is 0 Å². The standard InChI is InChI=1S/C19H22N2O4/c1-4-13(2)25-15-9-7-8-14(12-15)18(22)20-21-19(23)16-10-5-6-11-17(16)24-3/h5-13H,4H2,1-3H3,(H,20,22)(H,21,23). The normalized spacial score (nSPS) is 11.3. The second kappa shape index (κ2) is 8.73. The molecule has 1 atom stereocenters. The first-order valence-electron chi connectivity index (χ1n) is 8.05. The zero-order chi connectivity index (χ0) is 18.2. The van der Waals surface area contributed by atoms with Gasteiger partial charge in [0, 0.05) is 5.56 Å². The number of ether oxygens (including phenoxy) is 2. The average Bonchev–Trinajstić information content (AvgIpc) is 2.65. The van der Waals surface area contributed by atoms with Crippen LogP contribution < -0.4 is 20.3 Å². The van der Waals surface area contributed by atoms with E-state index in [2.05, 4.69) is 10.9 Å². The number of hydrazine groups is 1. The summed E-state index contributed by atoms with van der Waals surface area (Å²) >= 11 is 0. The van der Waals surface area contributed by atoms with E-state index in [1.54, 1.807) is 48.5 Å². The molecule has 1 unspecified atom stereocenters. The van der Waals surface area contributed by atoms with Crippen LogP contribution in [-0.2, 0) is 0 Å². The highest BCUT2D eigenvalue weighted by Crippen LogP contribution is 2.17. The summed E-state index contributed by atoms with van der Waals surface area (Å²) in [6, 6.07) is 13.6. The molecule has 2 amide bonds. The maximum Gasteiger partial charge on any atom is 0.273 e. The lowest BCUT2D eigenvalue weighted by atomic mass is 10.2. The quantitative estimate of drug-likeness (QED) is 0.791. The third kappa shape index (κ3) is 4.97. The molecule has 2 N–H and O–H groups in total. The van der Waals surface area contributed by atoms with Crippen LogP contribution in [0.1, 0.15) is 41.0 Å². The van der Waals surface area contributed by atoms with Gasteiger partial charge >= 0.3 is 0 Å². The van der Waals surface area contributed by atoms with Crippen molar-refractivity contribution in [1.82, 2.24) is 10.9 Å². The minimum Gasteiger partial charge on any atom is -0.496 e. The molecule has 0 aliphatic rings. The lowest BCUT2D eigenvalue weighted by molar-refractivity contribution is 0.0844. The van der Waals surface area contributed by atoms with Crippen molar-refractivity contribution in [2.75, 3.05) is 7.11 Å². The van der Waals surface area contributed by atoms with E-state index in [9.17, 15) is 9.59 Å². The van der Waals surface area contributed by atoms with Gasteiger partial charge < -0.3 is 9.47 Å². The summed E-state index contributed by atoms with van der Waals surface area (Å²) in [5.74, 6) is 0.145. The molecule has 0 spiro atoms. The predicted molar refractivity (Wildman–Crippen MR) is 94.7 cm³/mol. The van der Waals surface area contributed by atoms with Gasteiger partial charge in [0.2, 0.25) is 0 Å². The first-order chi connectivity index (χ1) is 12.0. The molecule has 6 heteroatoms. The number of para-hydroxylation sites is 1. The van der Waals surface area contributed by atoms with Crippen LogP contribution in [0.2, 0.25) is 0 Å². The molecule has 0 aromatic heterocycles. The molecule has 2 aromatic rings. The van der Waals surface area contributed by atoms with Gasteiger partial charge in [0.05, 0.1) is 18.8 Å². The van der Waals surface area contributed by atoms with Crippen molar-refractivity contribution in [3.05, 3.63) is 59.7 Å². The summed E-state index contributed by atoms with van der Waals surface area (Å²) in [6.45, 7) is 3.98. The number of hydrogen-bond acceptors (Lipinski definition) is 4. The molecular weight excluding hydrogens is 320 g/mol. The van der Waals surface area contributed by atoms with Gasteiger partial charge in [-0.2, -0.15) is 0 Å². The Hall–Kier alpha value is -3.02. The number of nitrogens with one attached hydrogen (secondary N) is 2. The number of carbonyl (C=O) groups excluding carboxylic acids is 2. The molecule has 6 nitrogen and oxygen atoms in total. The highest BCUT2D eigenvalue weighted by Gasteiger charge is 2.13. The number of amides is 2. The number of methoxy groups -OCH3 is 1. The predicted octanol–water partition coefficient (Wildman–Crippen LogP) is 2.95. The Bertz CT molecular complexity index is 746. The van der Waals surface area contributed by atoms with E-state index in [0.29, 0.717) is 22.6 Å². The Labute approximate surface area is 147 Å². The topological polar surface area (TPSA) is 76.7 Å². The molecule has 0 fully saturated rings. The molecular formula is C19H22N2O4. The zero-order valence-corrected chi connectivity index (χ0v) is 14.5. The van der Waals surface area contributed by atoms with Gasteiger partial charge in [-0.1, -0.05) is 25.1 Å². The molecule has 2 rings (SSSR count). The van der Waals surface area contributed by atoms with Crippen molar-refractivity contribution in [3.8, 4) is 11.5 Å². The van der Waals surface area contributed by atoms with Gasteiger partial charge in [0.25, 0.3) is 11.8 Å². The van der Waals surface area contributed by atoms with E-state index >= 15 is 0 Å². The molecule has 2 aromatic carbocycles. The summed E-state index contributed by atoms with van der Waals surface area (Å²) in [6.07, 6.45) is 0.925. The van der Waals surface area contributed by atoms with Crippen LogP contribution in [0.3, 0.4) is 0 Å². The van der Waals surface area contributed by atoms with Crippen LogP contribution >= 0.6 is 0 Å². The molecule has 25 heavy (non-hydrogen) atoms. The summed E-state index contributed by atoms with van der Waals surface area (Å²) in [7, 11) is 1.48. The Morgan fingerprint density at radius 2 is 1.76 bits per heavy atom. The summed E-state index contributed by atoms with van der Waals surface area (Å²) in [5, 5.41) is 0. The van der Waals surface area contributed by atoms with Gasteiger partial charge in [0.1, 0.15) is 11.5 Å². The number of carbonyl (C=O) groups is 2. The number of hydrogen-bond donors (Lipinski definition) is 2. The summed E-state index contributed by atoms with van der Waals surface area (Å²) < 4.78 is 10.8. The van der Waals surface area contributed by atoms with Crippen LogP contribution in [0.25, 0.3) is 0 Å². The van der Waals surface area contributed by atoms with E-state index in [1.807, 2.05) is 13.8 Å². The van der Waals surface area contributed by atoms with Crippen molar-refractivity contribution in [2.45, 2.75) is 26.4 Å². The molecule has 0 saturated heterocycles. The Morgan fingerprint density at radius 1 is 1.04 bits per heavy atom. The maximum atomic E-state index is 12.2. The van der Waals surface area contributed by atoms with Gasteiger partial charge in [-0.05, 0) is 43.7 Å². The Morgan fingerprint density at radius 3 is 2.48 bits per heavy atom.